The summed E-state index contributed by atoms with van der Waals surface area (Å²) in [5.74, 6) is -0.422. The Morgan fingerprint density at radius 3 is 2.75 bits per heavy atom. The summed E-state index contributed by atoms with van der Waals surface area (Å²) in [7, 11) is -3.74. The van der Waals surface area contributed by atoms with Crippen LogP contribution in [0.4, 0.5) is 9.52 Å². The summed E-state index contributed by atoms with van der Waals surface area (Å²) in [6.07, 6.45) is 0.422. The molecule has 0 saturated carbocycles. The number of nitrogens with one attached hydrogen (secondary N) is 1. The molecule has 1 aliphatic heterocycles. The van der Waals surface area contributed by atoms with Crippen molar-refractivity contribution in [3.63, 3.8) is 0 Å². The number of rotatable bonds is 4. The molecule has 0 radical (unpaired) electrons. The number of aryl methyl sites for hydroxylation is 1. The summed E-state index contributed by atoms with van der Waals surface area (Å²) in [5.41, 5.74) is 0.897. The largest absolute Gasteiger partial charge is 0.361 e. The molecule has 0 atom stereocenters. The smallest absolute Gasteiger partial charge is 0.279 e. The van der Waals surface area contributed by atoms with Crippen molar-refractivity contribution in [1.29, 1.82) is 0 Å². The lowest BCUT2D eigenvalue weighted by molar-refractivity contribution is 0.101. The quantitative estimate of drug-likeness (QED) is 0.693. The maximum absolute atomic E-state index is 13.1. The molecule has 11 heteroatoms. The van der Waals surface area contributed by atoms with Gasteiger partial charge in [0, 0.05) is 23.9 Å². The fourth-order valence-electron chi connectivity index (χ4n) is 2.82. The highest BCUT2D eigenvalue weighted by molar-refractivity contribution is 7.89. The SMILES string of the molecule is Cc1cc(C(=O)Nc2nc3c(s2)CN(S(=O)(=O)c2ccc(F)cc2)CC3)no1. The van der Waals surface area contributed by atoms with Crippen molar-refractivity contribution in [2.75, 3.05) is 11.9 Å². The summed E-state index contributed by atoms with van der Waals surface area (Å²) in [6, 6.07) is 6.25. The Hall–Kier alpha value is -2.63. The van der Waals surface area contributed by atoms with Crippen molar-refractivity contribution >= 4 is 32.4 Å². The Kier molecular flexibility index (Phi) is 4.73. The number of benzene rings is 1. The number of carbonyl (C=O) groups is 1. The first-order chi connectivity index (χ1) is 13.3. The first-order valence-corrected chi connectivity index (χ1v) is 10.6. The van der Waals surface area contributed by atoms with E-state index in [2.05, 4.69) is 15.5 Å². The summed E-state index contributed by atoms with van der Waals surface area (Å²) in [4.78, 5) is 17.3. The molecule has 0 spiro atoms. The number of amides is 1. The molecule has 0 unspecified atom stereocenters. The van der Waals surface area contributed by atoms with E-state index in [1.807, 2.05) is 0 Å². The lowest BCUT2D eigenvalue weighted by Gasteiger charge is -2.25. The predicted molar refractivity (Wildman–Crippen MR) is 99.0 cm³/mol. The van der Waals surface area contributed by atoms with E-state index in [1.54, 1.807) is 6.92 Å². The van der Waals surface area contributed by atoms with Crippen molar-refractivity contribution in [3.05, 3.63) is 58.2 Å². The highest BCUT2D eigenvalue weighted by atomic mass is 32.2. The van der Waals surface area contributed by atoms with E-state index < -0.39 is 21.7 Å². The molecule has 146 valence electrons. The third kappa shape index (κ3) is 3.55. The number of carbonyl (C=O) groups excluding carboxylic acids is 1. The number of anilines is 1. The second-order valence-electron chi connectivity index (χ2n) is 6.21. The molecule has 2 aromatic heterocycles. The minimum absolute atomic E-state index is 0.0387. The Morgan fingerprint density at radius 2 is 2.07 bits per heavy atom. The van der Waals surface area contributed by atoms with Crippen LogP contribution in [0.3, 0.4) is 0 Å². The molecule has 0 bridgehead atoms. The van der Waals surface area contributed by atoms with Gasteiger partial charge >= 0.3 is 0 Å². The normalized spacial score (nSPS) is 14.6. The molecule has 0 aliphatic carbocycles. The highest BCUT2D eigenvalue weighted by Gasteiger charge is 2.30. The van der Waals surface area contributed by atoms with Crippen LogP contribution >= 0.6 is 11.3 Å². The van der Waals surface area contributed by atoms with Gasteiger partial charge in [0.2, 0.25) is 10.0 Å². The second kappa shape index (κ2) is 7.08. The molecule has 8 nitrogen and oxygen atoms in total. The van der Waals surface area contributed by atoms with Crippen LogP contribution in [0.5, 0.6) is 0 Å². The van der Waals surface area contributed by atoms with Crippen LogP contribution in [0, 0.1) is 12.7 Å². The molecule has 1 amide bonds. The Bertz CT molecular complexity index is 1140. The zero-order valence-electron chi connectivity index (χ0n) is 14.7. The molecule has 1 aliphatic rings. The van der Waals surface area contributed by atoms with Crippen LogP contribution < -0.4 is 5.32 Å². The minimum atomic E-state index is -3.74. The van der Waals surface area contributed by atoms with Gasteiger partial charge in [0.05, 0.1) is 17.1 Å². The molecular formula is C17H15FN4O4S2. The van der Waals surface area contributed by atoms with Crippen molar-refractivity contribution in [2.45, 2.75) is 24.8 Å². The van der Waals surface area contributed by atoms with Gasteiger partial charge in [-0.3, -0.25) is 10.1 Å². The van der Waals surface area contributed by atoms with Gasteiger partial charge in [-0.05, 0) is 31.2 Å². The van der Waals surface area contributed by atoms with Crippen LogP contribution in [-0.4, -0.2) is 35.3 Å². The van der Waals surface area contributed by atoms with E-state index in [0.717, 1.165) is 22.7 Å². The average molecular weight is 422 g/mol. The van der Waals surface area contributed by atoms with Gasteiger partial charge in [0.1, 0.15) is 11.6 Å². The van der Waals surface area contributed by atoms with E-state index in [0.29, 0.717) is 17.3 Å². The van der Waals surface area contributed by atoms with Crippen LogP contribution in [-0.2, 0) is 23.0 Å². The van der Waals surface area contributed by atoms with Crippen LogP contribution in [0.2, 0.25) is 0 Å². The Morgan fingerprint density at radius 1 is 1.32 bits per heavy atom. The highest BCUT2D eigenvalue weighted by Crippen LogP contribution is 2.31. The van der Waals surface area contributed by atoms with E-state index in [9.17, 15) is 17.6 Å². The fourth-order valence-corrected chi connectivity index (χ4v) is 5.33. The average Bonchev–Trinajstić information content (AvgIpc) is 3.27. The minimum Gasteiger partial charge on any atom is -0.361 e. The van der Waals surface area contributed by atoms with E-state index in [-0.39, 0.29) is 23.7 Å². The third-order valence-electron chi connectivity index (χ3n) is 4.23. The lowest BCUT2D eigenvalue weighted by Crippen LogP contribution is -2.35. The summed E-state index contributed by atoms with van der Waals surface area (Å²) in [6.45, 7) is 2.08. The van der Waals surface area contributed by atoms with Gasteiger partial charge < -0.3 is 4.52 Å². The molecule has 1 N–H and O–H groups in total. The van der Waals surface area contributed by atoms with Crippen LogP contribution in [0.25, 0.3) is 0 Å². The van der Waals surface area contributed by atoms with Crippen molar-refractivity contribution in [3.8, 4) is 0 Å². The van der Waals surface area contributed by atoms with Gasteiger partial charge in [-0.1, -0.05) is 5.16 Å². The van der Waals surface area contributed by atoms with Crippen molar-refractivity contribution < 1.29 is 22.1 Å². The molecule has 28 heavy (non-hydrogen) atoms. The number of sulfonamides is 1. The van der Waals surface area contributed by atoms with Crippen molar-refractivity contribution in [2.24, 2.45) is 0 Å². The molecule has 1 aromatic carbocycles. The first kappa shape index (κ1) is 18.7. The van der Waals surface area contributed by atoms with Gasteiger partial charge in [-0.25, -0.2) is 17.8 Å². The molecule has 0 fully saturated rings. The van der Waals surface area contributed by atoms with E-state index >= 15 is 0 Å². The molecule has 3 aromatic rings. The maximum atomic E-state index is 13.1. The van der Waals surface area contributed by atoms with Crippen LogP contribution in [0.1, 0.15) is 26.8 Å². The zero-order valence-corrected chi connectivity index (χ0v) is 16.3. The number of aromatic nitrogens is 2. The summed E-state index contributed by atoms with van der Waals surface area (Å²) >= 11 is 1.22. The van der Waals surface area contributed by atoms with Gasteiger partial charge in [0.25, 0.3) is 5.91 Å². The number of hydrogen-bond donors (Lipinski definition) is 1. The maximum Gasteiger partial charge on any atom is 0.279 e. The van der Waals surface area contributed by atoms with Gasteiger partial charge in [-0.2, -0.15) is 4.31 Å². The van der Waals surface area contributed by atoms with Crippen LogP contribution in [0.15, 0.2) is 39.8 Å². The summed E-state index contributed by atoms with van der Waals surface area (Å²) in [5, 5.41) is 6.68. The van der Waals surface area contributed by atoms with Gasteiger partial charge in [-0.15, -0.1) is 11.3 Å². The number of fused-ring (bicyclic) bond motifs is 1. The molecular weight excluding hydrogens is 407 g/mol. The van der Waals surface area contributed by atoms with E-state index in [1.165, 1.54) is 33.8 Å². The number of nitrogens with zero attached hydrogens (tertiary/aromatic N) is 3. The Balaban J connectivity index is 1.51. The number of halogens is 1. The number of hydrogen-bond acceptors (Lipinski definition) is 7. The Labute approximate surface area is 164 Å². The predicted octanol–water partition coefficient (Wildman–Crippen LogP) is 2.58. The summed E-state index contributed by atoms with van der Waals surface area (Å²) < 4.78 is 44.9. The molecule has 4 rings (SSSR count). The lowest BCUT2D eigenvalue weighted by atomic mass is 10.2. The number of thiazole rings is 1. The van der Waals surface area contributed by atoms with Crippen molar-refractivity contribution in [1.82, 2.24) is 14.4 Å². The second-order valence-corrected chi connectivity index (χ2v) is 9.23. The standard InChI is InChI=1S/C17H15FN4O4S2/c1-10-8-14(21-26-10)16(23)20-17-19-13-6-7-22(9-15(13)27-17)28(24,25)12-4-2-11(18)3-5-12/h2-5,8H,6-7,9H2,1H3,(H,19,20,23). The molecule has 3 heterocycles. The van der Waals surface area contributed by atoms with E-state index in [4.69, 9.17) is 4.52 Å². The molecule has 0 saturated heterocycles. The third-order valence-corrected chi connectivity index (χ3v) is 7.09. The monoisotopic (exact) mass is 422 g/mol. The van der Waals surface area contributed by atoms with Gasteiger partial charge in [0.15, 0.2) is 10.8 Å². The topological polar surface area (TPSA) is 105 Å². The first-order valence-electron chi connectivity index (χ1n) is 8.32. The fraction of sp³-hybridized carbons (Fsp3) is 0.235. The zero-order chi connectivity index (χ0) is 19.9.